The number of hydrogen-bond acceptors (Lipinski definition) is 4. The van der Waals surface area contributed by atoms with Crippen molar-refractivity contribution in [2.24, 2.45) is 5.41 Å². The number of carbonyl (C=O) groups is 1. The second-order valence-corrected chi connectivity index (χ2v) is 8.86. The van der Waals surface area contributed by atoms with Crippen LogP contribution in [0.3, 0.4) is 0 Å². The third-order valence-electron chi connectivity index (χ3n) is 3.30. The Morgan fingerprint density at radius 1 is 1.32 bits per heavy atom. The summed E-state index contributed by atoms with van der Waals surface area (Å²) in [5, 5.41) is 0.981. The average molecular weight is 356 g/mol. The molecule has 3 rings (SSSR count). The molecule has 100 valence electrons. The maximum absolute atomic E-state index is 12.2. The molecule has 0 amide bonds. The Bertz CT molecular complexity index is 650. The summed E-state index contributed by atoms with van der Waals surface area (Å²) in [6.07, 6.45) is 1.53. The highest BCUT2D eigenvalue weighted by Crippen LogP contribution is 2.42. The molecular formula is C14H14BrNOS2. The van der Waals surface area contributed by atoms with Crippen molar-refractivity contribution < 1.29 is 4.79 Å². The van der Waals surface area contributed by atoms with E-state index in [0.29, 0.717) is 6.42 Å². The molecule has 0 fully saturated rings. The number of ketones is 1. The van der Waals surface area contributed by atoms with Gasteiger partial charge in [0.2, 0.25) is 0 Å². The third-order valence-corrected chi connectivity index (χ3v) is 6.75. The van der Waals surface area contributed by atoms with E-state index < -0.39 is 0 Å². The van der Waals surface area contributed by atoms with E-state index in [0.717, 1.165) is 31.3 Å². The first-order valence-electron chi connectivity index (χ1n) is 6.15. The second-order valence-electron chi connectivity index (χ2n) is 5.75. The van der Waals surface area contributed by atoms with Gasteiger partial charge in [0.25, 0.3) is 0 Å². The van der Waals surface area contributed by atoms with Crippen LogP contribution in [0, 0.1) is 12.3 Å². The van der Waals surface area contributed by atoms with Crippen LogP contribution in [0.4, 0.5) is 0 Å². The van der Waals surface area contributed by atoms with Gasteiger partial charge in [0, 0.05) is 15.8 Å². The van der Waals surface area contributed by atoms with Crippen LogP contribution in [0.25, 0.3) is 9.88 Å². The zero-order valence-corrected chi connectivity index (χ0v) is 14.3. The lowest BCUT2D eigenvalue weighted by atomic mass is 9.78. The first kappa shape index (κ1) is 13.5. The number of Topliss-reactive ketones (excluding diaryl/α,β-unsaturated/α-hetero) is 1. The number of aryl methyl sites for hydroxylation is 1. The molecule has 2 aromatic rings. The lowest BCUT2D eigenvalue weighted by Gasteiger charge is -2.26. The van der Waals surface area contributed by atoms with Crippen LogP contribution in [0.2, 0.25) is 0 Å². The van der Waals surface area contributed by atoms with Crippen LogP contribution in [-0.2, 0) is 6.42 Å². The van der Waals surface area contributed by atoms with Gasteiger partial charge in [-0.2, -0.15) is 0 Å². The van der Waals surface area contributed by atoms with Gasteiger partial charge >= 0.3 is 0 Å². The SMILES string of the molecule is Cc1sc(-c2nc3c(s2)C(=O)CC(C)(C)C3)cc1Br. The highest BCUT2D eigenvalue weighted by molar-refractivity contribution is 9.10. The van der Waals surface area contributed by atoms with Crippen molar-refractivity contribution in [2.45, 2.75) is 33.6 Å². The lowest BCUT2D eigenvalue weighted by Crippen LogP contribution is -2.25. The summed E-state index contributed by atoms with van der Waals surface area (Å²) in [5.41, 5.74) is 1.03. The smallest absolute Gasteiger partial charge is 0.175 e. The first-order chi connectivity index (χ1) is 8.85. The second kappa shape index (κ2) is 4.50. The molecule has 0 radical (unpaired) electrons. The average Bonchev–Trinajstić information content (AvgIpc) is 2.82. The molecule has 5 heteroatoms. The minimum absolute atomic E-state index is 0.0430. The van der Waals surface area contributed by atoms with Crippen molar-refractivity contribution in [2.75, 3.05) is 0 Å². The zero-order chi connectivity index (χ0) is 13.8. The van der Waals surface area contributed by atoms with E-state index in [9.17, 15) is 4.79 Å². The third kappa shape index (κ3) is 2.43. The summed E-state index contributed by atoms with van der Waals surface area (Å²) in [6, 6.07) is 2.10. The number of thiazole rings is 1. The van der Waals surface area contributed by atoms with Gasteiger partial charge in [-0.25, -0.2) is 4.98 Å². The fourth-order valence-corrected chi connectivity index (χ4v) is 4.99. The van der Waals surface area contributed by atoms with Gasteiger partial charge in [-0.3, -0.25) is 4.79 Å². The predicted molar refractivity (Wildman–Crippen MR) is 84.3 cm³/mol. The normalized spacial score (nSPS) is 17.6. The Balaban J connectivity index is 2.06. The molecule has 0 spiro atoms. The van der Waals surface area contributed by atoms with E-state index in [1.54, 1.807) is 22.7 Å². The van der Waals surface area contributed by atoms with Gasteiger partial charge in [0.1, 0.15) is 5.01 Å². The molecule has 19 heavy (non-hydrogen) atoms. The van der Waals surface area contributed by atoms with Gasteiger partial charge < -0.3 is 0 Å². The van der Waals surface area contributed by atoms with Crippen LogP contribution in [0.1, 0.15) is 40.5 Å². The number of halogens is 1. The largest absolute Gasteiger partial charge is 0.293 e. The molecule has 0 bridgehead atoms. The van der Waals surface area contributed by atoms with Crippen molar-refractivity contribution in [3.63, 3.8) is 0 Å². The number of rotatable bonds is 1. The molecule has 0 unspecified atom stereocenters. The summed E-state index contributed by atoms with van der Waals surface area (Å²) in [5.74, 6) is 0.252. The number of aromatic nitrogens is 1. The van der Waals surface area contributed by atoms with Crippen LogP contribution >= 0.6 is 38.6 Å². The maximum Gasteiger partial charge on any atom is 0.175 e. The summed E-state index contributed by atoms with van der Waals surface area (Å²) >= 11 is 6.81. The van der Waals surface area contributed by atoms with E-state index in [4.69, 9.17) is 4.98 Å². The van der Waals surface area contributed by atoms with Crippen LogP contribution in [-0.4, -0.2) is 10.8 Å². The van der Waals surface area contributed by atoms with Crippen molar-refractivity contribution >= 4 is 44.4 Å². The number of fused-ring (bicyclic) bond motifs is 1. The highest BCUT2D eigenvalue weighted by atomic mass is 79.9. The molecule has 0 saturated carbocycles. The van der Waals surface area contributed by atoms with E-state index in [-0.39, 0.29) is 11.2 Å². The van der Waals surface area contributed by atoms with Gasteiger partial charge in [0.05, 0.1) is 15.4 Å². The molecular weight excluding hydrogens is 342 g/mol. The van der Waals surface area contributed by atoms with E-state index in [2.05, 4.69) is 42.8 Å². The van der Waals surface area contributed by atoms with Crippen LogP contribution in [0.5, 0.6) is 0 Å². The number of thiophene rings is 1. The molecule has 2 heterocycles. The summed E-state index contributed by atoms with van der Waals surface area (Å²) in [6.45, 7) is 6.36. The summed E-state index contributed by atoms with van der Waals surface area (Å²) in [4.78, 5) is 20.2. The predicted octanol–water partition coefficient (Wildman–Crippen LogP) is 5.10. The van der Waals surface area contributed by atoms with Crippen molar-refractivity contribution in [1.29, 1.82) is 0 Å². The van der Waals surface area contributed by atoms with Gasteiger partial charge in [-0.15, -0.1) is 22.7 Å². The molecule has 2 nitrogen and oxygen atoms in total. The standard InChI is InChI=1S/C14H14BrNOS2/c1-7-8(15)4-11(18-7)13-16-9-5-14(2,3)6-10(17)12(9)19-13/h4H,5-6H2,1-3H3. The Morgan fingerprint density at radius 3 is 2.68 bits per heavy atom. The van der Waals surface area contributed by atoms with Crippen molar-refractivity contribution in [1.82, 2.24) is 4.98 Å². The Hall–Kier alpha value is -0.520. The maximum atomic E-state index is 12.2. The Kier molecular flexibility index (Phi) is 3.19. The summed E-state index contributed by atoms with van der Waals surface area (Å²) < 4.78 is 1.12. The number of hydrogen-bond donors (Lipinski definition) is 0. The fraction of sp³-hybridized carbons (Fsp3) is 0.429. The molecule has 1 aliphatic carbocycles. The van der Waals surface area contributed by atoms with E-state index in [1.165, 1.54) is 4.88 Å². The molecule has 0 N–H and O–H groups in total. The first-order valence-corrected chi connectivity index (χ1v) is 8.57. The van der Waals surface area contributed by atoms with Crippen LogP contribution in [0.15, 0.2) is 10.5 Å². The van der Waals surface area contributed by atoms with Gasteiger partial charge in [-0.1, -0.05) is 13.8 Å². The van der Waals surface area contributed by atoms with Crippen molar-refractivity contribution in [3.05, 3.63) is 26.0 Å². The minimum Gasteiger partial charge on any atom is -0.293 e. The van der Waals surface area contributed by atoms with Gasteiger partial charge in [0.15, 0.2) is 5.78 Å². The van der Waals surface area contributed by atoms with Crippen LogP contribution < -0.4 is 0 Å². The topological polar surface area (TPSA) is 30.0 Å². The monoisotopic (exact) mass is 355 g/mol. The Labute approximate surface area is 129 Å². The summed E-state index contributed by atoms with van der Waals surface area (Å²) in [7, 11) is 0. The lowest BCUT2D eigenvalue weighted by molar-refractivity contribution is 0.0916. The Morgan fingerprint density at radius 2 is 2.05 bits per heavy atom. The quantitative estimate of drug-likeness (QED) is 0.712. The molecule has 1 aliphatic rings. The van der Waals surface area contributed by atoms with Crippen molar-refractivity contribution in [3.8, 4) is 9.88 Å². The van der Waals surface area contributed by atoms with E-state index >= 15 is 0 Å². The molecule has 2 aromatic heterocycles. The molecule has 0 saturated heterocycles. The van der Waals surface area contributed by atoms with Gasteiger partial charge in [-0.05, 0) is 40.8 Å². The highest BCUT2D eigenvalue weighted by Gasteiger charge is 2.34. The molecule has 0 atom stereocenters. The minimum atomic E-state index is 0.0430. The van der Waals surface area contributed by atoms with E-state index in [1.807, 2.05) is 0 Å². The molecule has 0 aromatic carbocycles. The molecule has 0 aliphatic heterocycles. The zero-order valence-electron chi connectivity index (χ0n) is 11.0. The number of nitrogens with zero attached hydrogens (tertiary/aromatic N) is 1. The number of carbonyl (C=O) groups excluding carboxylic acids is 1. The fourth-order valence-electron chi connectivity index (χ4n) is 2.39.